The van der Waals surface area contributed by atoms with Crippen LogP contribution in [0.1, 0.15) is 26.0 Å². The van der Waals surface area contributed by atoms with Gasteiger partial charge in [0.25, 0.3) is 0 Å². The summed E-state index contributed by atoms with van der Waals surface area (Å²) in [6, 6.07) is 2.41. The van der Waals surface area contributed by atoms with Crippen molar-refractivity contribution in [3.05, 3.63) is 24.2 Å². The van der Waals surface area contributed by atoms with Crippen molar-refractivity contribution in [2.45, 2.75) is 32.9 Å². The zero-order chi connectivity index (χ0) is 19.3. The molecule has 1 aromatic heterocycles. The van der Waals surface area contributed by atoms with Gasteiger partial charge in [0, 0.05) is 33.0 Å². The maximum Gasteiger partial charge on any atom is 0.326 e. The lowest BCUT2D eigenvalue weighted by Crippen LogP contribution is -2.49. The molecule has 26 heavy (non-hydrogen) atoms. The number of carboxylic acid groups (broad SMARTS) is 1. The van der Waals surface area contributed by atoms with E-state index < -0.39 is 23.8 Å². The molecule has 2 N–H and O–H groups in total. The fourth-order valence-corrected chi connectivity index (χ4v) is 2.90. The van der Waals surface area contributed by atoms with Crippen molar-refractivity contribution < 1.29 is 28.7 Å². The average molecular weight is 365 g/mol. The Hall–Kier alpha value is -2.84. The molecule has 0 saturated carbocycles. The van der Waals surface area contributed by atoms with E-state index >= 15 is 0 Å². The predicted molar refractivity (Wildman–Crippen MR) is 89.7 cm³/mol. The molecule has 1 aliphatic rings. The SMILES string of the molecule is CC(=O)NCCN(C(=O)C1CC(=O)N(Cc2ccco2)C1)C(C)C(=O)O. The standard InChI is InChI=1S/C17H23N3O6/c1-11(17(24)25)20(6-5-18-12(2)21)16(23)13-8-15(22)19(9-13)10-14-4-3-7-26-14/h3-4,7,11,13H,5-6,8-10H2,1-2H3,(H,18,21)(H,24,25). The summed E-state index contributed by atoms with van der Waals surface area (Å²) in [5, 5.41) is 11.8. The van der Waals surface area contributed by atoms with Gasteiger partial charge >= 0.3 is 5.97 Å². The fraction of sp³-hybridized carbons (Fsp3) is 0.529. The molecular weight excluding hydrogens is 342 g/mol. The van der Waals surface area contributed by atoms with Crippen LogP contribution in [0.5, 0.6) is 0 Å². The van der Waals surface area contributed by atoms with Crippen molar-refractivity contribution in [3.8, 4) is 0 Å². The van der Waals surface area contributed by atoms with E-state index in [9.17, 15) is 24.3 Å². The van der Waals surface area contributed by atoms with Gasteiger partial charge in [0.05, 0.1) is 18.7 Å². The lowest BCUT2D eigenvalue weighted by atomic mass is 10.1. The van der Waals surface area contributed by atoms with Crippen LogP contribution in [0, 0.1) is 5.92 Å². The lowest BCUT2D eigenvalue weighted by molar-refractivity contribution is -0.151. The first-order valence-corrected chi connectivity index (χ1v) is 8.37. The van der Waals surface area contributed by atoms with Crippen LogP contribution < -0.4 is 5.32 Å². The minimum Gasteiger partial charge on any atom is -0.480 e. The smallest absolute Gasteiger partial charge is 0.326 e. The van der Waals surface area contributed by atoms with Gasteiger partial charge in [0.15, 0.2) is 0 Å². The van der Waals surface area contributed by atoms with Crippen LogP contribution in [-0.2, 0) is 25.7 Å². The maximum atomic E-state index is 12.8. The molecule has 0 spiro atoms. The number of carboxylic acids is 1. The van der Waals surface area contributed by atoms with E-state index in [2.05, 4.69) is 5.32 Å². The molecule has 2 heterocycles. The molecule has 0 aromatic carbocycles. The van der Waals surface area contributed by atoms with Crippen LogP contribution in [-0.4, -0.2) is 64.3 Å². The second-order valence-corrected chi connectivity index (χ2v) is 6.28. The van der Waals surface area contributed by atoms with Crippen molar-refractivity contribution in [3.63, 3.8) is 0 Å². The number of likely N-dealkylation sites (tertiary alicyclic amines) is 1. The van der Waals surface area contributed by atoms with Crippen molar-refractivity contribution in [2.24, 2.45) is 5.92 Å². The van der Waals surface area contributed by atoms with E-state index in [-0.39, 0.29) is 44.4 Å². The van der Waals surface area contributed by atoms with E-state index in [1.807, 2.05) is 0 Å². The summed E-state index contributed by atoms with van der Waals surface area (Å²) in [6.07, 6.45) is 1.54. The summed E-state index contributed by atoms with van der Waals surface area (Å²) in [5.41, 5.74) is 0. The van der Waals surface area contributed by atoms with Gasteiger partial charge in [-0.05, 0) is 19.1 Å². The number of hydrogen-bond acceptors (Lipinski definition) is 5. The zero-order valence-electron chi connectivity index (χ0n) is 14.8. The van der Waals surface area contributed by atoms with Gasteiger partial charge in [-0.3, -0.25) is 14.4 Å². The van der Waals surface area contributed by atoms with Gasteiger partial charge in [-0.25, -0.2) is 4.79 Å². The number of carbonyl (C=O) groups excluding carboxylic acids is 3. The molecule has 3 amide bonds. The Bertz CT molecular complexity index is 672. The Balaban J connectivity index is 2.03. The molecule has 2 atom stereocenters. The van der Waals surface area contributed by atoms with Gasteiger partial charge in [-0.2, -0.15) is 0 Å². The highest BCUT2D eigenvalue weighted by Gasteiger charge is 2.38. The highest BCUT2D eigenvalue weighted by molar-refractivity contribution is 5.91. The van der Waals surface area contributed by atoms with E-state index in [0.29, 0.717) is 5.76 Å². The van der Waals surface area contributed by atoms with Crippen LogP contribution >= 0.6 is 0 Å². The Labute approximate surface area is 150 Å². The molecule has 2 rings (SSSR count). The minimum absolute atomic E-state index is 0.0303. The second kappa shape index (κ2) is 8.50. The van der Waals surface area contributed by atoms with Crippen LogP contribution in [0.4, 0.5) is 0 Å². The fourth-order valence-electron chi connectivity index (χ4n) is 2.90. The number of carbonyl (C=O) groups is 4. The zero-order valence-corrected chi connectivity index (χ0v) is 14.8. The van der Waals surface area contributed by atoms with Crippen LogP contribution in [0.15, 0.2) is 22.8 Å². The van der Waals surface area contributed by atoms with Gasteiger partial charge in [-0.1, -0.05) is 0 Å². The first-order valence-electron chi connectivity index (χ1n) is 8.37. The first-order chi connectivity index (χ1) is 12.3. The lowest BCUT2D eigenvalue weighted by Gasteiger charge is -2.29. The number of aliphatic carboxylic acids is 1. The second-order valence-electron chi connectivity index (χ2n) is 6.28. The molecule has 1 fully saturated rings. The molecule has 2 unspecified atom stereocenters. The molecule has 0 bridgehead atoms. The monoisotopic (exact) mass is 365 g/mol. The number of rotatable bonds is 8. The number of nitrogens with zero attached hydrogens (tertiary/aromatic N) is 2. The summed E-state index contributed by atoms with van der Waals surface area (Å²) < 4.78 is 5.23. The number of furan rings is 1. The van der Waals surface area contributed by atoms with Crippen LogP contribution in [0.25, 0.3) is 0 Å². The van der Waals surface area contributed by atoms with Gasteiger partial charge in [0.2, 0.25) is 17.7 Å². The molecular formula is C17H23N3O6. The third-order valence-corrected chi connectivity index (χ3v) is 4.33. The molecule has 9 nitrogen and oxygen atoms in total. The quantitative estimate of drug-likeness (QED) is 0.672. The topological polar surface area (TPSA) is 120 Å². The summed E-state index contributed by atoms with van der Waals surface area (Å²) in [5.74, 6) is -1.98. The molecule has 0 aliphatic carbocycles. The Morgan fingerprint density at radius 1 is 1.46 bits per heavy atom. The highest BCUT2D eigenvalue weighted by Crippen LogP contribution is 2.23. The molecule has 1 saturated heterocycles. The highest BCUT2D eigenvalue weighted by atomic mass is 16.4. The first kappa shape index (κ1) is 19.5. The van der Waals surface area contributed by atoms with Crippen molar-refractivity contribution in [1.82, 2.24) is 15.1 Å². The van der Waals surface area contributed by atoms with Crippen molar-refractivity contribution >= 4 is 23.7 Å². The maximum absolute atomic E-state index is 12.8. The normalized spacial score (nSPS) is 17.8. The average Bonchev–Trinajstić information content (AvgIpc) is 3.21. The predicted octanol–water partition coefficient (Wildman–Crippen LogP) is 0.0659. The largest absolute Gasteiger partial charge is 0.480 e. The Kier molecular flexibility index (Phi) is 6.37. The Morgan fingerprint density at radius 2 is 2.19 bits per heavy atom. The molecule has 142 valence electrons. The van der Waals surface area contributed by atoms with Gasteiger partial charge in [-0.15, -0.1) is 0 Å². The van der Waals surface area contributed by atoms with Crippen LogP contribution in [0.2, 0.25) is 0 Å². The molecule has 9 heteroatoms. The van der Waals surface area contributed by atoms with E-state index in [0.717, 1.165) is 0 Å². The summed E-state index contributed by atoms with van der Waals surface area (Å²) in [6.45, 7) is 3.45. The molecule has 1 aromatic rings. The van der Waals surface area contributed by atoms with Gasteiger partial charge < -0.3 is 24.6 Å². The summed E-state index contributed by atoms with van der Waals surface area (Å²) in [7, 11) is 0. The molecule has 1 aliphatic heterocycles. The third-order valence-electron chi connectivity index (χ3n) is 4.33. The number of nitrogens with one attached hydrogen (secondary N) is 1. The Morgan fingerprint density at radius 3 is 2.77 bits per heavy atom. The van der Waals surface area contributed by atoms with Crippen molar-refractivity contribution in [1.29, 1.82) is 0 Å². The minimum atomic E-state index is -1.14. The van der Waals surface area contributed by atoms with E-state index in [4.69, 9.17) is 4.42 Å². The third kappa shape index (κ3) is 4.84. The summed E-state index contributed by atoms with van der Waals surface area (Å²) in [4.78, 5) is 50.0. The summed E-state index contributed by atoms with van der Waals surface area (Å²) >= 11 is 0. The van der Waals surface area contributed by atoms with Gasteiger partial charge in [0.1, 0.15) is 11.8 Å². The van der Waals surface area contributed by atoms with E-state index in [1.165, 1.54) is 29.9 Å². The molecule has 0 radical (unpaired) electrons. The number of amides is 3. The van der Waals surface area contributed by atoms with E-state index in [1.54, 1.807) is 12.1 Å². The van der Waals surface area contributed by atoms with Crippen molar-refractivity contribution in [2.75, 3.05) is 19.6 Å². The van der Waals surface area contributed by atoms with Crippen LogP contribution in [0.3, 0.4) is 0 Å². The number of hydrogen-bond donors (Lipinski definition) is 2.